The van der Waals surface area contributed by atoms with Gasteiger partial charge in [-0.1, -0.05) is 6.92 Å². The van der Waals surface area contributed by atoms with Crippen LogP contribution in [0.25, 0.3) is 0 Å². The SMILES string of the molecule is CC(CCN)CCC(=O)N(C)C(C)CC#N. The summed E-state index contributed by atoms with van der Waals surface area (Å²) in [7, 11) is 1.76. The van der Waals surface area contributed by atoms with Gasteiger partial charge in [0.05, 0.1) is 12.5 Å². The largest absolute Gasteiger partial charge is 0.342 e. The van der Waals surface area contributed by atoms with Gasteiger partial charge in [0.25, 0.3) is 0 Å². The highest BCUT2D eigenvalue weighted by atomic mass is 16.2. The summed E-state index contributed by atoms with van der Waals surface area (Å²) in [5.41, 5.74) is 5.45. The van der Waals surface area contributed by atoms with Crippen LogP contribution >= 0.6 is 0 Å². The van der Waals surface area contributed by atoms with Crippen LogP contribution in [-0.2, 0) is 4.79 Å². The second-order valence-electron chi connectivity index (χ2n) is 4.44. The Labute approximate surface area is 98.4 Å². The molecule has 0 aromatic heterocycles. The van der Waals surface area contributed by atoms with Gasteiger partial charge in [0.1, 0.15) is 0 Å². The first kappa shape index (κ1) is 14.9. The van der Waals surface area contributed by atoms with E-state index in [1.807, 2.05) is 6.92 Å². The highest BCUT2D eigenvalue weighted by Crippen LogP contribution is 2.11. The van der Waals surface area contributed by atoms with Crippen molar-refractivity contribution in [3.8, 4) is 6.07 Å². The predicted octanol–water partition coefficient (Wildman–Crippen LogP) is 1.51. The van der Waals surface area contributed by atoms with E-state index in [-0.39, 0.29) is 11.9 Å². The maximum absolute atomic E-state index is 11.8. The van der Waals surface area contributed by atoms with Crippen molar-refractivity contribution in [1.82, 2.24) is 4.90 Å². The third kappa shape index (κ3) is 5.72. The van der Waals surface area contributed by atoms with Crippen LogP contribution in [0, 0.1) is 17.2 Å². The molecule has 16 heavy (non-hydrogen) atoms. The molecule has 0 aromatic carbocycles. The summed E-state index contributed by atoms with van der Waals surface area (Å²) >= 11 is 0. The zero-order valence-corrected chi connectivity index (χ0v) is 10.6. The van der Waals surface area contributed by atoms with Gasteiger partial charge in [-0.25, -0.2) is 0 Å². The first-order valence-electron chi connectivity index (χ1n) is 5.85. The molecule has 0 spiro atoms. The molecule has 0 rings (SSSR count). The van der Waals surface area contributed by atoms with Crippen molar-refractivity contribution in [1.29, 1.82) is 5.26 Å². The van der Waals surface area contributed by atoms with E-state index in [0.29, 0.717) is 25.3 Å². The molecule has 92 valence electrons. The highest BCUT2D eigenvalue weighted by molar-refractivity contribution is 5.76. The van der Waals surface area contributed by atoms with Crippen molar-refractivity contribution in [2.45, 2.75) is 45.6 Å². The van der Waals surface area contributed by atoms with E-state index < -0.39 is 0 Å². The minimum Gasteiger partial charge on any atom is -0.342 e. The number of rotatable bonds is 7. The Kier molecular flexibility index (Phi) is 7.57. The third-order valence-corrected chi connectivity index (χ3v) is 2.95. The molecule has 0 heterocycles. The van der Waals surface area contributed by atoms with Gasteiger partial charge >= 0.3 is 0 Å². The van der Waals surface area contributed by atoms with Gasteiger partial charge in [0.2, 0.25) is 5.91 Å². The maximum Gasteiger partial charge on any atom is 0.222 e. The van der Waals surface area contributed by atoms with Crippen LogP contribution in [0.1, 0.15) is 39.5 Å². The van der Waals surface area contributed by atoms with Crippen LogP contribution < -0.4 is 5.73 Å². The van der Waals surface area contributed by atoms with Crippen LogP contribution in [0.5, 0.6) is 0 Å². The van der Waals surface area contributed by atoms with E-state index in [0.717, 1.165) is 12.8 Å². The lowest BCUT2D eigenvalue weighted by atomic mass is 10.0. The van der Waals surface area contributed by atoms with Crippen LogP contribution in [0.15, 0.2) is 0 Å². The Bertz CT molecular complexity index is 247. The first-order chi connectivity index (χ1) is 7.52. The molecule has 0 bridgehead atoms. The van der Waals surface area contributed by atoms with Crippen molar-refractivity contribution in [2.75, 3.05) is 13.6 Å². The minimum atomic E-state index is 0.00214. The van der Waals surface area contributed by atoms with Gasteiger partial charge in [-0.05, 0) is 32.2 Å². The average Bonchev–Trinajstić information content (AvgIpc) is 2.25. The summed E-state index contributed by atoms with van der Waals surface area (Å²) in [4.78, 5) is 13.4. The molecular weight excluding hydrogens is 202 g/mol. The molecule has 0 saturated carbocycles. The average molecular weight is 225 g/mol. The third-order valence-electron chi connectivity index (χ3n) is 2.95. The number of carbonyl (C=O) groups is 1. The topological polar surface area (TPSA) is 70.1 Å². The van der Waals surface area contributed by atoms with E-state index in [4.69, 9.17) is 11.0 Å². The quantitative estimate of drug-likeness (QED) is 0.714. The van der Waals surface area contributed by atoms with E-state index >= 15 is 0 Å². The fourth-order valence-corrected chi connectivity index (χ4v) is 1.49. The summed E-state index contributed by atoms with van der Waals surface area (Å²) in [6.07, 6.45) is 2.78. The Morgan fingerprint density at radius 1 is 1.44 bits per heavy atom. The van der Waals surface area contributed by atoms with Crippen LogP contribution in [0.4, 0.5) is 0 Å². The molecule has 4 nitrogen and oxygen atoms in total. The molecule has 2 atom stereocenters. The van der Waals surface area contributed by atoms with E-state index in [1.165, 1.54) is 0 Å². The molecule has 0 aromatic rings. The van der Waals surface area contributed by atoms with Gasteiger partial charge in [0.15, 0.2) is 0 Å². The molecule has 0 aliphatic rings. The lowest BCUT2D eigenvalue weighted by Gasteiger charge is -2.23. The standard InChI is InChI=1S/C12H23N3O/c1-10(6-8-13)4-5-12(16)15(3)11(2)7-9-14/h10-11H,4-8,13H2,1-3H3. The number of nitrogens with two attached hydrogens (primary N) is 1. The van der Waals surface area contributed by atoms with Crippen molar-refractivity contribution < 1.29 is 4.79 Å². The van der Waals surface area contributed by atoms with E-state index in [9.17, 15) is 4.79 Å². The number of hydrogen-bond donors (Lipinski definition) is 1. The van der Waals surface area contributed by atoms with Crippen molar-refractivity contribution in [2.24, 2.45) is 11.7 Å². The van der Waals surface area contributed by atoms with E-state index in [1.54, 1.807) is 11.9 Å². The molecule has 4 heteroatoms. The molecule has 2 unspecified atom stereocenters. The lowest BCUT2D eigenvalue weighted by molar-refractivity contribution is -0.131. The molecule has 0 saturated heterocycles. The molecule has 0 radical (unpaired) electrons. The number of amides is 1. The monoisotopic (exact) mass is 225 g/mol. The Hall–Kier alpha value is -1.08. The molecule has 2 N–H and O–H groups in total. The summed E-state index contributed by atoms with van der Waals surface area (Å²) in [5, 5.41) is 8.55. The van der Waals surface area contributed by atoms with Gasteiger partial charge in [-0.2, -0.15) is 5.26 Å². The van der Waals surface area contributed by atoms with Gasteiger partial charge in [0, 0.05) is 19.5 Å². The second kappa shape index (κ2) is 8.12. The van der Waals surface area contributed by atoms with Gasteiger partial charge in [-0.15, -0.1) is 0 Å². The minimum absolute atomic E-state index is 0.00214. The number of nitrogens with zero attached hydrogens (tertiary/aromatic N) is 2. The van der Waals surface area contributed by atoms with Crippen molar-refractivity contribution >= 4 is 5.91 Å². The van der Waals surface area contributed by atoms with Gasteiger partial charge in [-0.3, -0.25) is 4.79 Å². The Balaban J connectivity index is 3.92. The zero-order valence-electron chi connectivity index (χ0n) is 10.6. The van der Waals surface area contributed by atoms with Gasteiger partial charge < -0.3 is 10.6 Å². The summed E-state index contributed by atoms with van der Waals surface area (Å²) in [6, 6.07) is 2.08. The Morgan fingerprint density at radius 2 is 2.06 bits per heavy atom. The molecule has 0 aliphatic heterocycles. The normalized spacial score (nSPS) is 13.9. The molecule has 0 fully saturated rings. The summed E-state index contributed by atoms with van der Waals surface area (Å²) in [5.74, 6) is 0.611. The maximum atomic E-state index is 11.8. The lowest BCUT2D eigenvalue weighted by Crippen LogP contribution is -2.34. The predicted molar refractivity (Wildman–Crippen MR) is 64.5 cm³/mol. The second-order valence-corrected chi connectivity index (χ2v) is 4.44. The number of hydrogen-bond acceptors (Lipinski definition) is 3. The highest BCUT2D eigenvalue weighted by Gasteiger charge is 2.15. The van der Waals surface area contributed by atoms with Crippen molar-refractivity contribution in [3.63, 3.8) is 0 Å². The van der Waals surface area contributed by atoms with Crippen LogP contribution in [-0.4, -0.2) is 30.4 Å². The fourth-order valence-electron chi connectivity index (χ4n) is 1.49. The zero-order chi connectivity index (χ0) is 12.6. The number of nitriles is 1. The molecule has 0 aliphatic carbocycles. The fraction of sp³-hybridized carbons (Fsp3) is 0.833. The number of carbonyl (C=O) groups excluding carboxylic acids is 1. The smallest absolute Gasteiger partial charge is 0.222 e. The summed E-state index contributed by atoms with van der Waals surface area (Å²) < 4.78 is 0. The van der Waals surface area contributed by atoms with Crippen LogP contribution in [0.3, 0.4) is 0 Å². The molecule has 1 amide bonds. The van der Waals surface area contributed by atoms with E-state index in [2.05, 4.69) is 13.0 Å². The first-order valence-corrected chi connectivity index (χ1v) is 5.85. The van der Waals surface area contributed by atoms with Crippen LogP contribution in [0.2, 0.25) is 0 Å². The summed E-state index contributed by atoms with van der Waals surface area (Å²) in [6.45, 7) is 4.68. The van der Waals surface area contributed by atoms with Crippen molar-refractivity contribution in [3.05, 3.63) is 0 Å². The Morgan fingerprint density at radius 3 is 2.56 bits per heavy atom. The molecular formula is C12H23N3O.